The molecule has 0 bridgehead atoms. The van der Waals surface area contributed by atoms with Gasteiger partial charge in [0.2, 0.25) is 0 Å². The summed E-state index contributed by atoms with van der Waals surface area (Å²) in [4.78, 5) is 11.8. The number of allylic oxidation sites excluding steroid dienone is 8. The van der Waals surface area contributed by atoms with Gasteiger partial charge in [0, 0.05) is 17.9 Å². The van der Waals surface area contributed by atoms with E-state index in [1.165, 1.54) is 18.4 Å². The fraction of sp³-hybridized carbons (Fsp3) is 0.703. The third-order valence-corrected chi connectivity index (χ3v) is 9.97. The molecule has 5 atom stereocenters. The zero-order chi connectivity index (χ0) is 32.0. The van der Waals surface area contributed by atoms with E-state index in [1.807, 2.05) is 32.1 Å². The fourth-order valence-electron chi connectivity index (χ4n) is 7.48. The van der Waals surface area contributed by atoms with Crippen LogP contribution in [0.1, 0.15) is 105 Å². The van der Waals surface area contributed by atoms with Crippen LogP contribution in [0.25, 0.3) is 0 Å². The Morgan fingerprint density at radius 1 is 1.14 bits per heavy atom. The lowest BCUT2D eigenvalue weighted by Gasteiger charge is -2.55. The quantitative estimate of drug-likeness (QED) is 0.0454. The van der Waals surface area contributed by atoms with Gasteiger partial charge in [-0.25, -0.2) is 0 Å². The van der Waals surface area contributed by atoms with E-state index in [-0.39, 0.29) is 38.3 Å². The fourth-order valence-corrected chi connectivity index (χ4v) is 7.48. The highest BCUT2D eigenvalue weighted by molar-refractivity contribution is 5.74. The Labute approximate surface area is 261 Å². The van der Waals surface area contributed by atoms with Gasteiger partial charge in [-0.1, -0.05) is 67.9 Å². The minimum absolute atomic E-state index is 0.0178. The van der Waals surface area contributed by atoms with E-state index in [9.17, 15) is 25.2 Å². The second kappa shape index (κ2) is 18.2. The highest BCUT2D eigenvalue weighted by Crippen LogP contribution is 2.62. The highest BCUT2D eigenvalue weighted by atomic mass is 16.5. The molecular weight excluding hydrogens is 540 g/mol. The summed E-state index contributed by atoms with van der Waals surface area (Å²) in [6.07, 6.45) is 17.3. The summed E-state index contributed by atoms with van der Waals surface area (Å²) < 4.78 is 5.75. The zero-order valence-corrected chi connectivity index (χ0v) is 27.6. The highest BCUT2D eigenvalue weighted by Gasteiger charge is 2.63. The first-order valence-electron chi connectivity index (χ1n) is 16.5. The van der Waals surface area contributed by atoms with E-state index in [0.717, 1.165) is 48.2 Å². The van der Waals surface area contributed by atoms with Crippen LogP contribution in [-0.4, -0.2) is 64.8 Å². The van der Waals surface area contributed by atoms with Crippen LogP contribution < -0.4 is 0 Å². The van der Waals surface area contributed by atoms with Crippen LogP contribution in [0, 0.1) is 23.2 Å². The largest absolute Gasteiger partial charge is 0.396 e. The number of carbonyl (C=O) groups excluding carboxylic acids is 1. The van der Waals surface area contributed by atoms with Gasteiger partial charge >= 0.3 is 0 Å². The summed E-state index contributed by atoms with van der Waals surface area (Å²) in [5.74, 6) is 0.294. The molecule has 0 aliphatic heterocycles. The van der Waals surface area contributed by atoms with E-state index in [4.69, 9.17) is 4.74 Å². The molecule has 0 saturated heterocycles. The van der Waals surface area contributed by atoms with Crippen molar-refractivity contribution >= 4 is 6.29 Å². The molecule has 2 aliphatic carbocycles. The molecule has 5 unspecified atom stereocenters. The molecule has 0 aromatic carbocycles. The molecular formula is C37H60O6. The number of hydrogen-bond donors (Lipinski definition) is 4. The maximum absolute atomic E-state index is 12.1. The Bertz CT molecular complexity index is 1020. The molecule has 2 fully saturated rings. The van der Waals surface area contributed by atoms with Crippen molar-refractivity contribution in [2.75, 3.05) is 26.4 Å². The Hall–Kier alpha value is -1.83. The third kappa shape index (κ3) is 10.1. The second-order valence-corrected chi connectivity index (χ2v) is 13.6. The summed E-state index contributed by atoms with van der Waals surface area (Å²) in [6.45, 7) is 15.0. The number of aldehydes is 1. The van der Waals surface area contributed by atoms with Crippen molar-refractivity contribution in [3.63, 3.8) is 0 Å². The monoisotopic (exact) mass is 600 g/mol. The normalized spacial score (nSPS) is 29.7. The first-order valence-corrected chi connectivity index (χ1v) is 16.5. The maximum Gasteiger partial charge on any atom is 0.145 e. The maximum atomic E-state index is 12.1. The molecule has 2 rings (SSSR count). The Morgan fingerprint density at radius 2 is 1.88 bits per heavy atom. The zero-order valence-electron chi connectivity index (χ0n) is 27.6. The van der Waals surface area contributed by atoms with Crippen LogP contribution in [-0.2, 0) is 9.53 Å². The van der Waals surface area contributed by atoms with E-state index < -0.39 is 17.1 Å². The lowest BCUT2D eigenvalue weighted by molar-refractivity contribution is -0.167. The summed E-state index contributed by atoms with van der Waals surface area (Å²) in [5, 5.41) is 42.9. The topological polar surface area (TPSA) is 107 Å². The van der Waals surface area contributed by atoms with Gasteiger partial charge in [-0.05, 0) is 108 Å². The molecule has 0 amide bonds. The molecule has 0 aromatic heterocycles. The summed E-state index contributed by atoms with van der Waals surface area (Å²) >= 11 is 0. The number of ether oxygens (including phenoxy) is 1. The summed E-state index contributed by atoms with van der Waals surface area (Å²) in [6, 6.07) is 0. The molecule has 2 aliphatic rings. The minimum atomic E-state index is -1.13. The summed E-state index contributed by atoms with van der Waals surface area (Å²) in [5.41, 5.74) is 3.07. The minimum Gasteiger partial charge on any atom is -0.396 e. The molecule has 6 heteroatoms. The molecule has 43 heavy (non-hydrogen) atoms. The van der Waals surface area contributed by atoms with E-state index in [2.05, 4.69) is 33.4 Å². The van der Waals surface area contributed by atoms with Crippen molar-refractivity contribution in [1.29, 1.82) is 0 Å². The molecule has 4 N–H and O–H groups in total. The van der Waals surface area contributed by atoms with Crippen molar-refractivity contribution in [2.24, 2.45) is 23.2 Å². The number of hydrogen-bond acceptors (Lipinski definition) is 6. The second-order valence-electron chi connectivity index (χ2n) is 13.6. The van der Waals surface area contributed by atoms with Gasteiger partial charge < -0.3 is 25.2 Å². The number of carbonyl (C=O) groups is 1. The Balaban J connectivity index is 2.26. The van der Waals surface area contributed by atoms with Gasteiger partial charge in [0.15, 0.2) is 0 Å². The standard InChI is InChI=1S/C37H60O6/c1-27(2)11-7-12-28(3)13-8-14-29(4)15-9-16-31(26-43-24-23-39)33-19-21-37(35(33)41)34(17-10-22-38)32(30(5)25-40)18-20-36(37,6)42/h9,13,15-16,25,27,33-35,38-39,41-42H,4,7-8,10-12,14,17-24,26H2,1-3,5-6H3. The van der Waals surface area contributed by atoms with E-state index in [1.54, 1.807) is 0 Å². The molecule has 0 radical (unpaired) electrons. The Morgan fingerprint density at radius 3 is 2.53 bits per heavy atom. The van der Waals surface area contributed by atoms with Crippen molar-refractivity contribution in [3.8, 4) is 0 Å². The van der Waals surface area contributed by atoms with Gasteiger partial charge in [-0.3, -0.25) is 4.79 Å². The van der Waals surface area contributed by atoms with Gasteiger partial charge in [-0.15, -0.1) is 0 Å². The lowest BCUT2D eigenvalue weighted by Crippen LogP contribution is -2.59. The number of rotatable bonds is 18. The van der Waals surface area contributed by atoms with Crippen molar-refractivity contribution in [1.82, 2.24) is 0 Å². The SMILES string of the molecule is C=C(C=CC=C(COCCO)C1CCC2(C(CCCO)C(=C(C)C=O)CCC2(C)O)C1O)CCC=C(C)CCCC(C)C. The average Bonchev–Trinajstić information content (AvgIpc) is 3.30. The molecule has 0 heterocycles. The van der Waals surface area contributed by atoms with Gasteiger partial charge in [-0.2, -0.15) is 0 Å². The van der Waals surface area contributed by atoms with Crippen LogP contribution in [0.4, 0.5) is 0 Å². The first-order chi connectivity index (χ1) is 20.4. The van der Waals surface area contributed by atoms with E-state index in [0.29, 0.717) is 44.1 Å². The smallest absolute Gasteiger partial charge is 0.145 e. The molecule has 2 saturated carbocycles. The number of aliphatic hydroxyl groups excluding tert-OH is 3. The average molecular weight is 601 g/mol. The molecule has 0 aromatic rings. The van der Waals surface area contributed by atoms with Crippen LogP contribution in [0.15, 0.2) is 58.7 Å². The van der Waals surface area contributed by atoms with Crippen LogP contribution >= 0.6 is 0 Å². The first kappa shape index (κ1) is 37.4. The lowest BCUT2D eigenvalue weighted by atomic mass is 9.52. The van der Waals surface area contributed by atoms with Gasteiger partial charge in [0.05, 0.1) is 31.5 Å². The predicted molar refractivity (Wildman–Crippen MR) is 176 cm³/mol. The number of aliphatic hydroxyl groups is 4. The van der Waals surface area contributed by atoms with Crippen molar-refractivity contribution in [3.05, 3.63) is 58.7 Å². The molecule has 244 valence electrons. The van der Waals surface area contributed by atoms with Crippen LogP contribution in [0.3, 0.4) is 0 Å². The van der Waals surface area contributed by atoms with Crippen molar-refractivity contribution < 1.29 is 30.0 Å². The molecule has 6 nitrogen and oxygen atoms in total. The summed E-state index contributed by atoms with van der Waals surface area (Å²) in [7, 11) is 0. The van der Waals surface area contributed by atoms with Crippen LogP contribution in [0.2, 0.25) is 0 Å². The van der Waals surface area contributed by atoms with Crippen molar-refractivity contribution in [2.45, 2.75) is 117 Å². The van der Waals surface area contributed by atoms with Gasteiger partial charge in [0.25, 0.3) is 0 Å². The molecule has 1 spiro atoms. The van der Waals surface area contributed by atoms with Gasteiger partial charge in [0.1, 0.15) is 6.29 Å². The third-order valence-electron chi connectivity index (χ3n) is 9.97. The predicted octanol–water partition coefficient (Wildman–Crippen LogP) is 6.79. The van der Waals surface area contributed by atoms with E-state index >= 15 is 0 Å². The Kier molecular flexibility index (Phi) is 15.8. The van der Waals surface area contributed by atoms with Crippen LogP contribution in [0.5, 0.6) is 0 Å².